The van der Waals surface area contributed by atoms with Crippen molar-refractivity contribution in [3.05, 3.63) is 12.3 Å². The number of carbonyl (C=O) groups is 1. The van der Waals surface area contributed by atoms with Crippen LogP contribution in [0.15, 0.2) is 12.3 Å². The zero-order valence-corrected chi connectivity index (χ0v) is 5.59. The van der Waals surface area contributed by atoms with Crippen molar-refractivity contribution in [3.8, 4) is 0 Å². The first kappa shape index (κ1) is 6.13. The van der Waals surface area contributed by atoms with Crippen molar-refractivity contribution in [2.45, 2.75) is 13.1 Å². The molecule has 0 saturated heterocycles. The van der Waals surface area contributed by atoms with Crippen LogP contribution in [0, 0.1) is 0 Å². The molecule has 50 valence electrons. The number of nitrogens with zero attached hydrogens (tertiary/aromatic N) is 1. The summed E-state index contributed by atoms with van der Waals surface area (Å²) < 4.78 is 0. The summed E-state index contributed by atoms with van der Waals surface area (Å²) in [6, 6.07) is 0. The Morgan fingerprint density at radius 2 is 2.44 bits per heavy atom. The van der Waals surface area contributed by atoms with Crippen LogP contribution in [0.1, 0.15) is 6.92 Å². The molecular weight excluding hydrogens is 116 g/mol. The van der Waals surface area contributed by atoms with Gasteiger partial charge in [0.1, 0.15) is 0 Å². The summed E-state index contributed by atoms with van der Waals surface area (Å²) in [4.78, 5) is 12.4. The van der Waals surface area contributed by atoms with Crippen molar-refractivity contribution < 1.29 is 4.79 Å². The van der Waals surface area contributed by atoms with Crippen LogP contribution in [0.25, 0.3) is 0 Å². The summed E-state index contributed by atoms with van der Waals surface area (Å²) in [6.45, 7) is 1.93. The van der Waals surface area contributed by atoms with E-state index in [1.165, 1.54) is 6.08 Å². The Morgan fingerprint density at radius 1 is 1.78 bits per heavy atom. The van der Waals surface area contributed by atoms with Gasteiger partial charge in [0.15, 0.2) is 0 Å². The molecule has 0 aliphatic carbocycles. The van der Waals surface area contributed by atoms with Crippen molar-refractivity contribution in [1.82, 2.24) is 10.2 Å². The van der Waals surface area contributed by atoms with Crippen LogP contribution in [-0.2, 0) is 4.79 Å². The lowest BCUT2D eigenvalue weighted by atomic mass is 10.3. The second-order valence-corrected chi connectivity index (χ2v) is 2.13. The summed E-state index contributed by atoms with van der Waals surface area (Å²) in [7, 11) is 1.77. The highest BCUT2D eigenvalue weighted by Crippen LogP contribution is 1.97. The monoisotopic (exact) mass is 126 g/mol. The standard InChI is InChI=1S/C6H10N2O/c1-5-7-4-3-6(9)8(5)2/h3-5,7H,1-2H3/t5-/m1/s1. The molecule has 1 N–H and O–H groups in total. The Kier molecular flexibility index (Phi) is 1.42. The van der Waals surface area contributed by atoms with E-state index in [9.17, 15) is 4.79 Å². The number of rotatable bonds is 0. The molecule has 1 aliphatic rings. The van der Waals surface area contributed by atoms with Gasteiger partial charge < -0.3 is 10.2 Å². The molecule has 1 rings (SSSR count). The lowest BCUT2D eigenvalue weighted by Crippen LogP contribution is -2.44. The summed E-state index contributed by atoms with van der Waals surface area (Å²) in [5.41, 5.74) is 0. The van der Waals surface area contributed by atoms with Crippen LogP contribution in [0.3, 0.4) is 0 Å². The molecule has 1 aliphatic heterocycles. The SMILES string of the molecule is C[C@@H]1NC=CC(=O)N1C. The molecule has 0 saturated carbocycles. The molecule has 3 nitrogen and oxygen atoms in total. The Balaban J connectivity index is 2.69. The number of likely N-dealkylation sites (N-methyl/N-ethyl adjacent to an activating group) is 1. The Morgan fingerprint density at radius 3 is 2.89 bits per heavy atom. The average molecular weight is 126 g/mol. The zero-order chi connectivity index (χ0) is 6.85. The Labute approximate surface area is 54.3 Å². The normalized spacial score (nSPS) is 26.2. The Hall–Kier alpha value is -0.990. The van der Waals surface area contributed by atoms with Crippen molar-refractivity contribution in [3.63, 3.8) is 0 Å². The van der Waals surface area contributed by atoms with Crippen LogP contribution in [0.5, 0.6) is 0 Å². The predicted molar refractivity (Wildman–Crippen MR) is 34.5 cm³/mol. The Bertz CT molecular complexity index is 153. The number of nitrogens with one attached hydrogen (secondary N) is 1. The quantitative estimate of drug-likeness (QED) is 0.492. The van der Waals surface area contributed by atoms with Crippen molar-refractivity contribution in [2.75, 3.05) is 7.05 Å². The van der Waals surface area contributed by atoms with Crippen LogP contribution in [0.2, 0.25) is 0 Å². The third-order valence-electron chi connectivity index (χ3n) is 1.49. The minimum atomic E-state index is 0.0567. The van der Waals surface area contributed by atoms with Gasteiger partial charge in [0.05, 0.1) is 6.17 Å². The van der Waals surface area contributed by atoms with Gasteiger partial charge in [0, 0.05) is 19.3 Å². The maximum absolute atomic E-state index is 10.8. The number of carbonyl (C=O) groups excluding carboxylic acids is 1. The van der Waals surface area contributed by atoms with Gasteiger partial charge in [0.2, 0.25) is 5.91 Å². The molecule has 3 heteroatoms. The van der Waals surface area contributed by atoms with Gasteiger partial charge in [-0.3, -0.25) is 4.79 Å². The lowest BCUT2D eigenvalue weighted by Gasteiger charge is -2.26. The first-order chi connectivity index (χ1) is 4.22. The number of hydrogen-bond donors (Lipinski definition) is 1. The molecule has 0 aromatic rings. The van der Waals surface area contributed by atoms with Crippen LogP contribution < -0.4 is 5.32 Å². The summed E-state index contributed by atoms with van der Waals surface area (Å²) in [5, 5.41) is 2.99. The molecule has 0 radical (unpaired) electrons. The predicted octanol–water partition coefficient (Wildman–Crippen LogP) is -0.0923. The molecule has 1 amide bonds. The molecule has 0 aromatic carbocycles. The highest BCUT2D eigenvalue weighted by Gasteiger charge is 2.14. The van der Waals surface area contributed by atoms with Crippen LogP contribution >= 0.6 is 0 Å². The average Bonchev–Trinajstić information content (AvgIpc) is 1.83. The van der Waals surface area contributed by atoms with E-state index in [1.54, 1.807) is 18.1 Å². The summed E-state index contributed by atoms with van der Waals surface area (Å²) in [6.07, 6.45) is 3.31. The fourth-order valence-electron chi connectivity index (χ4n) is 0.679. The molecular formula is C6H10N2O. The first-order valence-corrected chi connectivity index (χ1v) is 2.91. The lowest BCUT2D eigenvalue weighted by molar-refractivity contribution is -0.127. The molecule has 9 heavy (non-hydrogen) atoms. The van der Waals surface area contributed by atoms with Gasteiger partial charge in [-0.15, -0.1) is 0 Å². The minimum absolute atomic E-state index is 0.0567. The number of amides is 1. The van der Waals surface area contributed by atoms with Crippen molar-refractivity contribution >= 4 is 5.91 Å². The highest BCUT2D eigenvalue weighted by molar-refractivity contribution is 5.88. The van der Waals surface area contributed by atoms with E-state index in [0.717, 1.165) is 0 Å². The molecule has 1 atom stereocenters. The van der Waals surface area contributed by atoms with Gasteiger partial charge >= 0.3 is 0 Å². The van der Waals surface area contributed by atoms with E-state index < -0.39 is 0 Å². The topological polar surface area (TPSA) is 32.3 Å². The molecule has 0 bridgehead atoms. The molecule has 1 heterocycles. The van der Waals surface area contributed by atoms with Gasteiger partial charge in [0.25, 0.3) is 0 Å². The zero-order valence-electron chi connectivity index (χ0n) is 5.59. The second-order valence-electron chi connectivity index (χ2n) is 2.13. The van der Waals surface area contributed by atoms with Gasteiger partial charge in [-0.25, -0.2) is 0 Å². The van der Waals surface area contributed by atoms with Crippen molar-refractivity contribution in [2.24, 2.45) is 0 Å². The van der Waals surface area contributed by atoms with E-state index in [4.69, 9.17) is 0 Å². The van der Waals surface area contributed by atoms with Crippen molar-refractivity contribution in [1.29, 1.82) is 0 Å². The first-order valence-electron chi connectivity index (χ1n) is 2.91. The number of hydrogen-bond acceptors (Lipinski definition) is 2. The van der Waals surface area contributed by atoms with E-state index in [0.29, 0.717) is 0 Å². The summed E-state index contributed by atoms with van der Waals surface area (Å²) >= 11 is 0. The summed E-state index contributed by atoms with van der Waals surface area (Å²) in [5.74, 6) is 0.0567. The van der Waals surface area contributed by atoms with E-state index in [-0.39, 0.29) is 12.1 Å². The van der Waals surface area contributed by atoms with Gasteiger partial charge in [-0.2, -0.15) is 0 Å². The molecule has 0 spiro atoms. The van der Waals surface area contributed by atoms with Gasteiger partial charge in [-0.05, 0) is 6.92 Å². The second kappa shape index (κ2) is 2.09. The molecule has 0 unspecified atom stereocenters. The van der Waals surface area contributed by atoms with Gasteiger partial charge in [-0.1, -0.05) is 0 Å². The van der Waals surface area contributed by atoms with E-state index in [2.05, 4.69) is 5.32 Å². The largest absolute Gasteiger partial charge is 0.371 e. The fourth-order valence-corrected chi connectivity index (χ4v) is 0.679. The smallest absolute Gasteiger partial charge is 0.249 e. The van der Waals surface area contributed by atoms with Crippen LogP contribution in [0.4, 0.5) is 0 Å². The molecule has 0 fully saturated rings. The van der Waals surface area contributed by atoms with E-state index >= 15 is 0 Å². The minimum Gasteiger partial charge on any atom is -0.371 e. The maximum atomic E-state index is 10.8. The third-order valence-corrected chi connectivity index (χ3v) is 1.49. The maximum Gasteiger partial charge on any atom is 0.249 e. The van der Waals surface area contributed by atoms with E-state index in [1.807, 2.05) is 6.92 Å². The fraction of sp³-hybridized carbons (Fsp3) is 0.500. The van der Waals surface area contributed by atoms with Crippen LogP contribution in [-0.4, -0.2) is 24.0 Å². The third kappa shape index (κ3) is 1.04. The molecule has 0 aromatic heterocycles. The highest BCUT2D eigenvalue weighted by atomic mass is 16.2.